The molecule has 3 nitrogen and oxygen atoms in total. The molecule has 1 rings (SSSR count). The molecule has 2 unspecified atom stereocenters. The van der Waals surface area contributed by atoms with Crippen molar-refractivity contribution >= 4 is 5.97 Å². The first-order valence-electron chi connectivity index (χ1n) is 6.71. The first-order valence-corrected chi connectivity index (χ1v) is 6.71. The molecule has 0 fully saturated rings. The topological polar surface area (TPSA) is 63.3 Å². The number of carboxylic acids is 1. The molecule has 0 aliphatic heterocycles. The average Bonchev–Trinajstić information content (AvgIpc) is 2.35. The van der Waals surface area contributed by atoms with Crippen LogP contribution in [0.5, 0.6) is 0 Å². The van der Waals surface area contributed by atoms with Crippen LogP contribution in [0.3, 0.4) is 0 Å². The van der Waals surface area contributed by atoms with E-state index in [1.165, 1.54) is 19.1 Å². The van der Waals surface area contributed by atoms with Crippen molar-refractivity contribution in [2.24, 2.45) is 11.7 Å². The van der Waals surface area contributed by atoms with Crippen molar-refractivity contribution < 1.29 is 23.1 Å². The van der Waals surface area contributed by atoms with Crippen molar-refractivity contribution in [2.75, 3.05) is 0 Å². The van der Waals surface area contributed by atoms with Gasteiger partial charge in [0.2, 0.25) is 0 Å². The van der Waals surface area contributed by atoms with Gasteiger partial charge < -0.3 is 10.8 Å². The number of rotatable bonds is 6. The van der Waals surface area contributed by atoms with E-state index in [4.69, 9.17) is 10.8 Å². The van der Waals surface area contributed by atoms with Crippen LogP contribution in [0.1, 0.15) is 37.8 Å². The number of nitrogens with two attached hydrogens (primary N) is 1. The van der Waals surface area contributed by atoms with Crippen molar-refractivity contribution in [3.8, 4) is 0 Å². The molecule has 0 radical (unpaired) electrons. The predicted octanol–water partition coefficient (Wildman–Crippen LogP) is 3.47. The maximum absolute atomic E-state index is 12.9. The lowest BCUT2D eigenvalue weighted by Crippen LogP contribution is -2.46. The second kappa shape index (κ2) is 6.47. The van der Waals surface area contributed by atoms with E-state index >= 15 is 0 Å². The van der Waals surface area contributed by atoms with Crippen molar-refractivity contribution in [3.63, 3.8) is 0 Å². The molecule has 6 heteroatoms. The Labute approximate surface area is 122 Å². The molecule has 0 amide bonds. The van der Waals surface area contributed by atoms with E-state index in [1.54, 1.807) is 13.0 Å². The summed E-state index contributed by atoms with van der Waals surface area (Å²) in [6, 6.07) is 5.44. The van der Waals surface area contributed by atoms with E-state index in [-0.39, 0.29) is 24.3 Å². The number of halogens is 3. The summed E-state index contributed by atoms with van der Waals surface area (Å²) in [6.07, 6.45) is -3.46. The fourth-order valence-corrected chi connectivity index (χ4v) is 2.33. The molecular weight excluding hydrogens is 283 g/mol. The molecule has 0 aliphatic rings. The monoisotopic (exact) mass is 303 g/mol. The Bertz CT molecular complexity index is 498. The van der Waals surface area contributed by atoms with Crippen molar-refractivity contribution in [3.05, 3.63) is 35.4 Å². The third-order valence-electron chi connectivity index (χ3n) is 3.49. The van der Waals surface area contributed by atoms with Gasteiger partial charge in [0, 0.05) is 0 Å². The molecule has 3 N–H and O–H groups in total. The number of aliphatic carboxylic acids is 1. The van der Waals surface area contributed by atoms with Crippen molar-refractivity contribution in [2.45, 2.75) is 44.8 Å². The molecule has 2 atom stereocenters. The zero-order valence-corrected chi connectivity index (χ0v) is 12.1. The second-order valence-electron chi connectivity index (χ2n) is 5.73. The number of carboxylic acid groups (broad SMARTS) is 1. The smallest absolute Gasteiger partial charge is 0.416 e. The number of carbonyl (C=O) groups is 1. The Hall–Kier alpha value is -1.56. The molecule has 0 spiro atoms. The zero-order valence-electron chi connectivity index (χ0n) is 12.1. The summed E-state index contributed by atoms with van der Waals surface area (Å²) in [5.41, 5.74) is 3.89. The highest BCUT2D eigenvalue weighted by Crippen LogP contribution is 2.33. The van der Waals surface area contributed by atoms with E-state index < -0.39 is 23.2 Å². The maximum atomic E-state index is 12.9. The van der Waals surface area contributed by atoms with E-state index in [2.05, 4.69) is 0 Å². The SMILES string of the molecule is CC(CCc1ccccc1C(F)(F)F)CC(C)(N)C(=O)O. The summed E-state index contributed by atoms with van der Waals surface area (Å²) >= 11 is 0. The lowest BCUT2D eigenvalue weighted by atomic mass is 9.87. The van der Waals surface area contributed by atoms with Crippen LogP contribution in [0, 0.1) is 5.92 Å². The minimum Gasteiger partial charge on any atom is -0.480 e. The van der Waals surface area contributed by atoms with Crippen LogP contribution in [0.25, 0.3) is 0 Å². The van der Waals surface area contributed by atoms with E-state index in [1.807, 2.05) is 0 Å². The van der Waals surface area contributed by atoms with E-state index in [9.17, 15) is 18.0 Å². The van der Waals surface area contributed by atoms with Crippen LogP contribution in [-0.4, -0.2) is 16.6 Å². The number of hydrogen-bond donors (Lipinski definition) is 2. The minimum absolute atomic E-state index is 0.0858. The molecule has 21 heavy (non-hydrogen) atoms. The Kier molecular flexibility index (Phi) is 5.39. The normalized spacial score (nSPS) is 16.3. The predicted molar refractivity (Wildman–Crippen MR) is 73.8 cm³/mol. The number of aryl methyl sites for hydroxylation is 1. The molecular formula is C15H20F3NO2. The fourth-order valence-electron chi connectivity index (χ4n) is 2.33. The summed E-state index contributed by atoms with van der Waals surface area (Å²) in [4.78, 5) is 10.9. The van der Waals surface area contributed by atoms with Crippen LogP contribution in [0.2, 0.25) is 0 Å². The molecule has 0 saturated heterocycles. The highest BCUT2D eigenvalue weighted by molar-refractivity contribution is 5.77. The second-order valence-corrected chi connectivity index (χ2v) is 5.73. The van der Waals surface area contributed by atoms with Gasteiger partial charge in [-0.25, -0.2) is 0 Å². The quantitative estimate of drug-likeness (QED) is 0.846. The molecule has 0 aliphatic carbocycles. The van der Waals surface area contributed by atoms with Gasteiger partial charge in [-0.2, -0.15) is 13.2 Å². The van der Waals surface area contributed by atoms with Gasteiger partial charge >= 0.3 is 12.1 Å². The molecule has 1 aromatic carbocycles. The van der Waals surface area contributed by atoms with E-state index in [0.717, 1.165) is 6.07 Å². The van der Waals surface area contributed by atoms with Gasteiger partial charge in [0.15, 0.2) is 0 Å². The maximum Gasteiger partial charge on any atom is 0.416 e. The molecule has 0 aromatic heterocycles. The largest absolute Gasteiger partial charge is 0.480 e. The molecule has 1 aromatic rings. The van der Waals surface area contributed by atoms with Gasteiger partial charge in [0.05, 0.1) is 5.56 Å². The van der Waals surface area contributed by atoms with E-state index in [0.29, 0.717) is 6.42 Å². The van der Waals surface area contributed by atoms with Crippen LogP contribution >= 0.6 is 0 Å². The van der Waals surface area contributed by atoms with Gasteiger partial charge in [-0.05, 0) is 43.7 Å². The van der Waals surface area contributed by atoms with Crippen molar-refractivity contribution in [1.29, 1.82) is 0 Å². The molecule has 0 saturated carbocycles. The summed E-state index contributed by atoms with van der Waals surface area (Å²) in [6.45, 7) is 3.21. The van der Waals surface area contributed by atoms with Gasteiger partial charge in [-0.3, -0.25) is 4.79 Å². The molecule has 0 heterocycles. The first kappa shape index (κ1) is 17.5. The lowest BCUT2D eigenvalue weighted by molar-refractivity contribution is -0.143. The van der Waals surface area contributed by atoms with Gasteiger partial charge in [0.1, 0.15) is 5.54 Å². The Morgan fingerprint density at radius 3 is 2.43 bits per heavy atom. The Morgan fingerprint density at radius 2 is 1.90 bits per heavy atom. The summed E-state index contributed by atoms with van der Waals surface area (Å²) in [5, 5.41) is 8.95. The van der Waals surface area contributed by atoms with Gasteiger partial charge in [-0.1, -0.05) is 25.1 Å². The third kappa shape index (κ3) is 5.04. The lowest BCUT2D eigenvalue weighted by Gasteiger charge is -2.23. The zero-order chi connectivity index (χ0) is 16.3. The Balaban J connectivity index is 2.70. The van der Waals surface area contributed by atoms with Crippen LogP contribution in [0.15, 0.2) is 24.3 Å². The average molecular weight is 303 g/mol. The van der Waals surface area contributed by atoms with Crippen LogP contribution in [-0.2, 0) is 17.4 Å². The number of benzene rings is 1. The first-order chi connectivity index (χ1) is 9.54. The highest BCUT2D eigenvalue weighted by Gasteiger charge is 2.33. The molecule has 118 valence electrons. The van der Waals surface area contributed by atoms with Gasteiger partial charge in [0.25, 0.3) is 0 Å². The number of alkyl halides is 3. The van der Waals surface area contributed by atoms with Crippen LogP contribution in [0.4, 0.5) is 13.2 Å². The summed E-state index contributed by atoms with van der Waals surface area (Å²) in [5.74, 6) is -1.19. The standard InChI is InChI=1S/C15H20F3NO2/c1-10(9-14(2,19)13(20)21)7-8-11-5-3-4-6-12(11)15(16,17)18/h3-6,10H,7-9,19H2,1-2H3,(H,20,21). The summed E-state index contributed by atoms with van der Waals surface area (Å²) < 4.78 is 38.6. The third-order valence-corrected chi connectivity index (χ3v) is 3.49. The van der Waals surface area contributed by atoms with Gasteiger partial charge in [-0.15, -0.1) is 0 Å². The van der Waals surface area contributed by atoms with Crippen LogP contribution < -0.4 is 5.73 Å². The molecule has 0 bridgehead atoms. The minimum atomic E-state index is -4.37. The fraction of sp³-hybridized carbons (Fsp3) is 0.533. The van der Waals surface area contributed by atoms with Crippen molar-refractivity contribution in [1.82, 2.24) is 0 Å². The summed E-state index contributed by atoms with van der Waals surface area (Å²) in [7, 11) is 0. The highest BCUT2D eigenvalue weighted by atomic mass is 19.4. The number of hydrogen-bond acceptors (Lipinski definition) is 2. The Morgan fingerprint density at radius 1 is 1.33 bits per heavy atom.